The van der Waals surface area contributed by atoms with Gasteiger partial charge in [-0.15, -0.1) is 0 Å². The van der Waals surface area contributed by atoms with Crippen LogP contribution in [0.25, 0.3) is 11.4 Å². The molecule has 0 bridgehead atoms. The molecule has 1 aliphatic heterocycles. The summed E-state index contributed by atoms with van der Waals surface area (Å²) in [6.45, 7) is 3.92. The van der Waals surface area contributed by atoms with Crippen LogP contribution in [0.3, 0.4) is 0 Å². The lowest BCUT2D eigenvalue weighted by atomic mass is 9.91. The van der Waals surface area contributed by atoms with Crippen molar-refractivity contribution in [1.82, 2.24) is 23.4 Å². The lowest BCUT2D eigenvalue weighted by molar-refractivity contribution is 0.298. The van der Waals surface area contributed by atoms with E-state index < -0.39 is 10.2 Å². The average Bonchev–Trinajstić information content (AvgIpc) is 3.10. The number of aryl methyl sites for hydroxylation is 1. The Morgan fingerprint density at radius 2 is 2.08 bits per heavy atom. The van der Waals surface area contributed by atoms with E-state index in [9.17, 15) is 8.42 Å². The smallest absolute Gasteiger partial charge is 0.264 e. The maximum absolute atomic E-state index is 12.4. The predicted octanol–water partition coefficient (Wildman–Crippen LogP) is 1.95. The molecule has 8 heteroatoms. The van der Waals surface area contributed by atoms with Gasteiger partial charge in [0.15, 0.2) is 0 Å². The van der Waals surface area contributed by atoms with Crippen molar-refractivity contribution in [3.8, 4) is 11.4 Å². The minimum absolute atomic E-state index is 0.184. The molecule has 0 spiro atoms. The molecule has 0 aliphatic carbocycles. The summed E-state index contributed by atoms with van der Waals surface area (Å²) < 4.78 is 29.6. The van der Waals surface area contributed by atoms with Gasteiger partial charge in [0.1, 0.15) is 0 Å². The molecule has 136 valence electrons. The van der Waals surface area contributed by atoms with Gasteiger partial charge in [-0.25, -0.2) is 0 Å². The molecule has 0 saturated carbocycles. The van der Waals surface area contributed by atoms with E-state index in [2.05, 4.69) is 16.1 Å². The van der Waals surface area contributed by atoms with Gasteiger partial charge in [-0.2, -0.15) is 22.1 Å². The lowest BCUT2D eigenvalue weighted by Crippen LogP contribution is -2.44. The van der Waals surface area contributed by atoms with Crippen LogP contribution in [0.15, 0.2) is 30.6 Å². The zero-order valence-corrected chi connectivity index (χ0v) is 15.8. The van der Waals surface area contributed by atoms with Crippen LogP contribution in [0.5, 0.6) is 0 Å². The quantitative estimate of drug-likeness (QED) is 0.814. The first-order valence-corrected chi connectivity index (χ1v) is 9.99. The fourth-order valence-corrected chi connectivity index (χ4v) is 4.49. The van der Waals surface area contributed by atoms with E-state index in [1.54, 1.807) is 30.8 Å². The second-order valence-electron chi connectivity index (χ2n) is 6.49. The van der Waals surface area contributed by atoms with Crippen molar-refractivity contribution in [1.29, 1.82) is 0 Å². The van der Waals surface area contributed by atoms with Gasteiger partial charge in [0.05, 0.1) is 11.4 Å². The van der Waals surface area contributed by atoms with E-state index in [1.807, 2.05) is 23.7 Å². The molecule has 1 saturated heterocycles. The number of hydrogen-bond donors (Lipinski definition) is 0. The minimum atomic E-state index is -3.37. The molecule has 1 aliphatic rings. The Hall–Kier alpha value is -1.77. The fourth-order valence-electron chi connectivity index (χ4n) is 3.30. The van der Waals surface area contributed by atoms with Crippen LogP contribution in [0.2, 0.25) is 0 Å². The van der Waals surface area contributed by atoms with Gasteiger partial charge in [-0.05, 0) is 49.4 Å². The fraction of sp³-hybridized carbons (Fsp3) is 0.529. The van der Waals surface area contributed by atoms with E-state index in [-0.39, 0.29) is 5.92 Å². The second kappa shape index (κ2) is 7.23. The molecule has 1 fully saturated rings. The summed E-state index contributed by atoms with van der Waals surface area (Å²) in [5.74, 6) is 0.184. The molecule has 0 aromatic carbocycles. The number of pyridine rings is 1. The molecule has 2 aromatic heterocycles. The SMILES string of the molecule is CCn1nccc1-c1cc([C@H]2CCCN(S(=O)(=O)N(C)C)C2)ccn1. The molecular weight excluding hydrogens is 338 g/mol. The molecule has 2 aromatic rings. The first kappa shape index (κ1) is 18.0. The Kier molecular flexibility index (Phi) is 5.21. The predicted molar refractivity (Wildman–Crippen MR) is 97.3 cm³/mol. The van der Waals surface area contributed by atoms with Crippen molar-refractivity contribution in [2.45, 2.75) is 32.2 Å². The highest BCUT2D eigenvalue weighted by atomic mass is 32.2. The zero-order chi connectivity index (χ0) is 18.0. The third-order valence-electron chi connectivity index (χ3n) is 4.71. The van der Waals surface area contributed by atoms with Crippen molar-refractivity contribution in [3.05, 3.63) is 36.2 Å². The van der Waals surface area contributed by atoms with Gasteiger partial charge in [-0.1, -0.05) is 0 Å². The van der Waals surface area contributed by atoms with Gasteiger partial charge in [-0.3, -0.25) is 9.67 Å². The Balaban J connectivity index is 1.86. The van der Waals surface area contributed by atoms with Gasteiger partial charge >= 0.3 is 0 Å². The molecular formula is C17H25N5O2S. The van der Waals surface area contributed by atoms with E-state index in [0.29, 0.717) is 13.1 Å². The normalized spacial score (nSPS) is 19.4. The third-order valence-corrected chi connectivity index (χ3v) is 6.61. The van der Waals surface area contributed by atoms with Crippen molar-refractivity contribution in [2.24, 2.45) is 0 Å². The van der Waals surface area contributed by atoms with Crippen LogP contribution in [0.1, 0.15) is 31.2 Å². The van der Waals surface area contributed by atoms with Gasteiger partial charge in [0, 0.05) is 46.1 Å². The molecule has 0 amide bonds. The van der Waals surface area contributed by atoms with Crippen molar-refractivity contribution >= 4 is 10.2 Å². The maximum atomic E-state index is 12.4. The standard InChI is InChI=1S/C17H25N5O2S/c1-4-22-17(8-10-19-22)16-12-14(7-9-18-16)15-6-5-11-21(13-15)25(23,24)20(2)3/h7-10,12,15H,4-6,11,13H2,1-3H3/t15-/m0/s1. The van der Waals surface area contributed by atoms with Crippen molar-refractivity contribution in [2.75, 3.05) is 27.2 Å². The largest absolute Gasteiger partial charge is 0.281 e. The molecule has 1 atom stereocenters. The first-order chi connectivity index (χ1) is 11.9. The monoisotopic (exact) mass is 363 g/mol. The molecule has 25 heavy (non-hydrogen) atoms. The minimum Gasteiger partial charge on any atom is -0.264 e. The van der Waals surface area contributed by atoms with Crippen molar-refractivity contribution in [3.63, 3.8) is 0 Å². The van der Waals surface area contributed by atoms with E-state index in [0.717, 1.165) is 36.3 Å². The summed E-state index contributed by atoms with van der Waals surface area (Å²) in [7, 11) is -0.210. The van der Waals surface area contributed by atoms with E-state index in [1.165, 1.54) is 4.31 Å². The Morgan fingerprint density at radius 3 is 2.80 bits per heavy atom. The number of aromatic nitrogens is 3. The van der Waals surface area contributed by atoms with Crippen LogP contribution in [0, 0.1) is 0 Å². The Morgan fingerprint density at radius 1 is 1.28 bits per heavy atom. The van der Waals surface area contributed by atoms with E-state index in [4.69, 9.17) is 0 Å². The highest BCUT2D eigenvalue weighted by Crippen LogP contribution is 2.30. The Labute approximate surface area is 149 Å². The molecule has 0 unspecified atom stereocenters. The summed E-state index contributed by atoms with van der Waals surface area (Å²) in [6.07, 6.45) is 5.43. The number of piperidine rings is 1. The van der Waals surface area contributed by atoms with Crippen molar-refractivity contribution < 1.29 is 8.42 Å². The van der Waals surface area contributed by atoms with Crippen LogP contribution in [-0.2, 0) is 16.8 Å². The molecule has 0 radical (unpaired) electrons. The molecule has 7 nitrogen and oxygen atoms in total. The topological polar surface area (TPSA) is 71.3 Å². The van der Waals surface area contributed by atoms with Gasteiger partial charge < -0.3 is 0 Å². The number of nitrogens with zero attached hydrogens (tertiary/aromatic N) is 5. The first-order valence-electron chi connectivity index (χ1n) is 8.59. The Bertz CT molecular complexity index is 831. The summed E-state index contributed by atoms with van der Waals surface area (Å²) in [4.78, 5) is 4.48. The number of hydrogen-bond acceptors (Lipinski definition) is 4. The number of rotatable bonds is 5. The molecule has 3 heterocycles. The van der Waals surface area contributed by atoms with Gasteiger partial charge in [0.2, 0.25) is 0 Å². The second-order valence-corrected chi connectivity index (χ2v) is 8.64. The average molecular weight is 363 g/mol. The summed E-state index contributed by atoms with van der Waals surface area (Å²) in [6, 6.07) is 6.02. The lowest BCUT2D eigenvalue weighted by Gasteiger charge is -2.33. The molecule has 3 rings (SSSR count). The van der Waals surface area contributed by atoms with Gasteiger partial charge in [0.25, 0.3) is 10.2 Å². The van der Waals surface area contributed by atoms with E-state index >= 15 is 0 Å². The van der Waals surface area contributed by atoms with Crippen LogP contribution >= 0.6 is 0 Å². The maximum Gasteiger partial charge on any atom is 0.281 e. The highest BCUT2D eigenvalue weighted by Gasteiger charge is 2.31. The summed E-state index contributed by atoms with van der Waals surface area (Å²) >= 11 is 0. The summed E-state index contributed by atoms with van der Waals surface area (Å²) in [5, 5.41) is 4.30. The third kappa shape index (κ3) is 3.61. The molecule has 0 N–H and O–H groups in total. The van der Waals surface area contributed by atoms with Crippen LogP contribution < -0.4 is 0 Å². The van der Waals surface area contributed by atoms with Crippen LogP contribution in [-0.4, -0.2) is 59.0 Å². The summed E-state index contributed by atoms with van der Waals surface area (Å²) in [5.41, 5.74) is 3.00. The highest BCUT2D eigenvalue weighted by molar-refractivity contribution is 7.86. The zero-order valence-electron chi connectivity index (χ0n) is 15.0. The van der Waals surface area contributed by atoms with Crippen LogP contribution in [0.4, 0.5) is 0 Å².